The molecule has 0 saturated carbocycles. The highest BCUT2D eigenvalue weighted by Gasteiger charge is 2.15. The SMILES string of the molecule is Cc1nn(-c2ccccc2)c2nc(CNc3ccc(O)cc3)[nH]c(=O)c12. The fourth-order valence-corrected chi connectivity index (χ4v) is 2.83. The first kappa shape index (κ1) is 15.9. The van der Waals surface area contributed by atoms with Crippen LogP contribution in [0.4, 0.5) is 5.69 Å². The first-order chi connectivity index (χ1) is 12.6. The number of aromatic nitrogens is 4. The molecule has 2 aromatic heterocycles. The molecule has 130 valence electrons. The quantitative estimate of drug-likeness (QED) is 0.493. The van der Waals surface area contributed by atoms with Crippen molar-refractivity contribution in [1.82, 2.24) is 19.7 Å². The number of rotatable bonds is 4. The van der Waals surface area contributed by atoms with Crippen LogP contribution in [0.1, 0.15) is 11.5 Å². The molecule has 0 aliphatic rings. The van der Waals surface area contributed by atoms with E-state index in [9.17, 15) is 9.90 Å². The lowest BCUT2D eigenvalue weighted by Gasteiger charge is -2.07. The van der Waals surface area contributed by atoms with Crippen LogP contribution in [0.25, 0.3) is 16.7 Å². The number of nitrogens with one attached hydrogen (secondary N) is 2. The van der Waals surface area contributed by atoms with E-state index in [1.54, 1.807) is 35.9 Å². The number of phenols is 1. The maximum Gasteiger partial charge on any atom is 0.262 e. The van der Waals surface area contributed by atoms with Crippen molar-refractivity contribution in [2.45, 2.75) is 13.5 Å². The fourth-order valence-electron chi connectivity index (χ4n) is 2.83. The summed E-state index contributed by atoms with van der Waals surface area (Å²) in [4.78, 5) is 19.9. The van der Waals surface area contributed by atoms with Crippen molar-refractivity contribution in [3.05, 3.63) is 76.5 Å². The van der Waals surface area contributed by atoms with Gasteiger partial charge >= 0.3 is 0 Å². The van der Waals surface area contributed by atoms with Crippen LogP contribution in [0.3, 0.4) is 0 Å². The van der Waals surface area contributed by atoms with Gasteiger partial charge < -0.3 is 15.4 Å². The van der Waals surface area contributed by atoms with Crippen molar-refractivity contribution in [2.24, 2.45) is 0 Å². The normalized spacial score (nSPS) is 11.0. The molecule has 2 aromatic carbocycles. The Bertz CT molecular complexity index is 1110. The van der Waals surface area contributed by atoms with E-state index in [1.807, 2.05) is 30.3 Å². The number of fused-ring (bicyclic) bond motifs is 1. The molecule has 3 N–H and O–H groups in total. The minimum Gasteiger partial charge on any atom is -0.508 e. The first-order valence-electron chi connectivity index (χ1n) is 8.18. The van der Waals surface area contributed by atoms with Crippen molar-refractivity contribution in [3.8, 4) is 11.4 Å². The minimum absolute atomic E-state index is 0.200. The third-order valence-electron chi connectivity index (χ3n) is 4.09. The van der Waals surface area contributed by atoms with Crippen LogP contribution in [-0.4, -0.2) is 24.9 Å². The molecule has 0 fully saturated rings. The van der Waals surface area contributed by atoms with Crippen molar-refractivity contribution in [3.63, 3.8) is 0 Å². The lowest BCUT2D eigenvalue weighted by atomic mass is 10.3. The third kappa shape index (κ3) is 2.90. The summed E-state index contributed by atoms with van der Waals surface area (Å²) in [6.07, 6.45) is 0. The van der Waals surface area contributed by atoms with Crippen molar-refractivity contribution in [2.75, 3.05) is 5.32 Å². The summed E-state index contributed by atoms with van der Waals surface area (Å²) in [7, 11) is 0. The fraction of sp³-hybridized carbons (Fsp3) is 0.105. The second-order valence-corrected chi connectivity index (χ2v) is 5.94. The van der Waals surface area contributed by atoms with E-state index >= 15 is 0 Å². The average molecular weight is 347 g/mol. The Balaban J connectivity index is 1.73. The molecule has 0 saturated heterocycles. The maximum absolute atomic E-state index is 12.5. The van der Waals surface area contributed by atoms with Gasteiger partial charge in [0.2, 0.25) is 0 Å². The van der Waals surface area contributed by atoms with E-state index in [0.29, 0.717) is 29.1 Å². The van der Waals surface area contributed by atoms with Gasteiger partial charge in [-0.15, -0.1) is 0 Å². The molecule has 0 unspecified atom stereocenters. The van der Waals surface area contributed by atoms with Gasteiger partial charge in [0.15, 0.2) is 5.65 Å². The summed E-state index contributed by atoms with van der Waals surface area (Å²) >= 11 is 0. The number of benzene rings is 2. The number of aromatic amines is 1. The Kier molecular flexibility index (Phi) is 3.89. The van der Waals surface area contributed by atoms with Crippen LogP contribution in [0.2, 0.25) is 0 Å². The zero-order chi connectivity index (χ0) is 18.1. The zero-order valence-electron chi connectivity index (χ0n) is 14.1. The van der Waals surface area contributed by atoms with Gasteiger partial charge in [0.1, 0.15) is 17.0 Å². The van der Waals surface area contributed by atoms with E-state index in [0.717, 1.165) is 11.4 Å². The standard InChI is InChI=1S/C19H17N5O2/c1-12-17-18(24(23-12)14-5-3-2-4-6-14)21-16(22-19(17)26)11-20-13-7-9-15(25)10-8-13/h2-10,20,25H,11H2,1H3,(H,21,22,26). The maximum atomic E-state index is 12.5. The molecule has 0 aliphatic heterocycles. The van der Waals surface area contributed by atoms with Crippen LogP contribution < -0.4 is 10.9 Å². The van der Waals surface area contributed by atoms with Crippen molar-refractivity contribution in [1.29, 1.82) is 0 Å². The van der Waals surface area contributed by atoms with E-state index in [4.69, 9.17) is 0 Å². The molecule has 26 heavy (non-hydrogen) atoms. The molecule has 4 aromatic rings. The highest BCUT2D eigenvalue weighted by Crippen LogP contribution is 2.18. The van der Waals surface area contributed by atoms with Gasteiger partial charge in [0.05, 0.1) is 17.9 Å². The highest BCUT2D eigenvalue weighted by atomic mass is 16.3. The number of phenolic OH excluding ortho intramolecular Hbond substituents is 1. The Morgan fingerprint density at radius 1 is 1.12 bits per heavy atom. The smallest absolute Gasteiger partial charge is 0.262 e. The van der Waals surface area contributed by atoms with Crippen molar-refractivity contribution < 1.29 is 5.11 Å². The number of H-pyrrole nitrogens is 1. The highest BCUT2D eigenvalue weighted by molar-refractivity contribution is 5.78. The number of hydrogen-bond donors (Lipinski definition) is 3. The van der Waals surface area contributed by atoms with Crippen LogP contribution in [0, 0.1) is 6.92 Å². The van der Waals surface area contributed by atoms with Gasteiger partial charge in [0, 0.05) is 5.69 Å². The Morgan fingerprint density at radius 2 is 1.85 bits per heavy atom. The van der Waals surface area contributed by atoms with Crippen LogP contribution in [0.15, 0.2) is 59.4 Å². The second-order valence-electron chi connectivity index (χ2n) is 5.94. The number of para-hydroxylation sites is 1. The Morgan fingerprint density at radius 3 is 2.58 bits per heavy atom. The van der Waals surface area contributed by atoms with Crippen LogP contribution >= 0.6 is 0 Å². The molecule has 0 atom stereocenters. The minimum atomic E-state index is -0.211. The van der Waals surface area contributed by atoms with Crippen LogP contribution in [0.5, 0.6) is 5.75 Å². The second kappa shape index (κ2) is 6.36. The molecule has 0 amide bonds. The van der Waals surface area contributed by atoms with Gasteiger partial charge in [-0.3, -0.25) is 4.79 Å². The first-order valence-corrected chi connectivity index (χ1v) is 8.18. The average Bonchev–Trinajstić information content (AvgIpc) is 2.99. The molecule has 4 rings (SSSR count). The monoisotopic (exact) mass is 347 g/mol. The van der Waals surface area contributed by atoms with E-state index in [1.165, 1.54) is 0 Å². The van der Waals surface area contributed by atoms with Gasteiger partial charge in [-0.05, 0) is 43.3 Å². The van der Waals surface area contributed by atoms with E-state index in [-0.39, 0.29) is 11.3 Å². The summed E-state index contributed by atoms with van der Waals surface area (Å²) in [6, 6.07) is 16.3. The van der Waals surface area contributed by atoms with Gasteiger partial charge in [-0.25, -0.2) is 9.67 Å². The number of aryl methyl sites for hydroxylation is 1. The molecule has 2 heterocycles. The lowest BCUT2D eigenvalue weighted by Crippen LogP contribution is -2.15. The van der Waals surface area contributed by atoms with E-state index < -0.39 is 0 Å². The molecule has 0 aliphatic carbocycles. The number of nitrogens with zero attached hydrogens (tertiary/aromatic N) is 3. The molecular weight excluding hydrogens is 330 g/mol. The summed E-state index contributed by atoms with van der Waals surface area (Å²) in [6.45, 7) is 2.14. The number of anilines is 1. The molecular formula is C19H17N5O2. The largest absolute Gasteiger partial charge is 0.508 e. The third-order valence-corrected chi connectivity index (χ3v) is 4.09. The van der Waals surface area contributed by atoms with Gasteiger partial charge in [-0.2, -0.15) is 5.10 Å². The summed E-state index contributed by atoms with van der Waals surface area (Å²) in [5.74, 6) is 0.707. The topological polar surface area (TPSA) is 95.8 Å². The molecule has 0 radical (unpaired) electrons. The predicted octanol–water partition coefficient (Wildman–Crippen LogP) is 2.73. The number of aromatic hydroxyl groups is 1. The van der Waals surface area contributed by atoms with Crippen LogP contribution in [-0.2, 0) is 6.54 Å². The summed E-state index contributed by atoms with van der Waals surface area (Å²) in [5.41, 5.74) is 2.62. The summed E-state index contributed by atoms with van der Waals surface area (Å²) < 4.78 is 1.68. The van der Waals surface area contributed by atoms with Gasteiger partial charge in [-0.1, -0.05) is 18.2 Å². The Labute approximate surface area is 149 Å². The summed E-state index contributed by atoms with van der Waals surface area (Å²) in [5, 5.41) is 17.5. The molecule has 7 nitrogen and oxygen atoms in total. The molecule has 0 spiro atoms. The predicted molar refractivity (Wildman–Crippen MR) is 99.7 cm³/mol. The van der Waals surface area contributed by atoms with E-state index in [2.05, 4.69) is 20.4 Å². The molecule has 0 bridgehead atoms. The Hall–Kier alpha value is -3.61. The molecule has 7 heteroatoms. The lowest BCUT2D eigenvalue weighted by molar-refractivity contribution is 0.475. The van der Waals surface area contributed by atoms with Crippen molar-refractivity contribution >= 4 is 16.7 Å². The number of hydrogen-bond acceptors (Lipinski definition) is 5. The zero-order valence-corrected chi connectivity index (χ0v) is 14.1. The van der Waals surface area contributed by atoms with Gasteiger partial charge in [0.25, 0.3) is 5.56 Å².